The predicted molar refractivity (Wildman–Crippen MR) is 47.2 cm³/mol. The van der Waals surface area contributed by atoms with E-state index in [4.69, 9.17) is 0 Å². The SMILES string of the molecule is C=C.C=CC.N.N.N.N. The minimum Gasteiger partial charge on any atom is -0.344 e. The van der Waals surface area contributed by atoms with Crippen LogP contribution in [0.2, 0.25) is 0 Å². The van der Waals surface area contributed by atoms with Crippen molar-refractivity contribution in [1.29, 1.82) is 0 Å². The lowest BCUT2D eigenvalue weighted by Gasteiger charge is -1.31. The minimum atomic E-state index is 0. The van der Waals surface area contributed by atoms with Gasteiger partial charge in [-0.25, -0.2) is 0 Å². The van der Waals surface area contributed by atoms with Crippen molar-refractivity contribution < 1.29 is 0 Å². The van der Waals surface area contributed by atoms with Crippen LogP contribution in [0.4, 0.5) is 0 Å². The second kappa shape index (κ2) is 2860. The Kier molecular flexibility index (Phi) is 26300. The van der Waals surface area contributed by atoms with Crippen molar-refractivity contribution in [3.8, 4) is 0 Å². The summed E-state index contributed by atoms with van der Waals surface area (Å²) in [6.07, 6.45) is 1.75. The highest BCUT2D eigenvalue weighted by atomic mass is 14.0. The fourth-order valence-corrected chi connectivity index (χ4v) is 0. The van der Waals surface area contributed by atoms with Crippen molar-refractivity contribution in [3.05, 3.63) is 25.8 Å². The molecule has 0 aliphatic heterocycles. The molecule has 0 aliphatic rings. The van der Waals surface area contributed by atoms with Gasteiger partial charge in [0.05, 0.1) is 0 Å². The Bertz CT molecular complexity index is 22.9. The van der Waals surface area contributed by atoms with Crippen LogP contribution in [0.5, 0.6) is 0 Å². The molecule has 0 radical (unpaired) electrons. The van der Waals surface area contributed by atoms with Crippen LogP contribution >= 0.6 is 0 Å². The largest absolute Gasteiger partial charge is 0.344 e. The number of allylic oxidation sites excluding steroid dienone is 1. The molecule has 4 nitrogen and oxygen atoms in total. The van der Waals surface area contributed by atoms with Gasteiger partial charge in [-0.05, 0) is 6.92 Å². The van der Waals surface area contributed by atoms with Crippen molar-refractivity contribution in [2.75, 3.05) is 0 Å². The van der Waals surface area contributed by atoms with Gasteiger partial charge in [0, 0.05) is 0 Å². The molecule has 0 saturated carbocycles. The fourth-order valence-electron chi connectivity index (χ4n) is 0. The van der Waals surface area contributed by atoms with E-state index < -0.39 is 0 Å². The first-order valence-corrected chi connectivity index (χ1v) is 1.49. The van der Waals surface area contributed by atoms with Gasteiger partial charge in [0.15, 0.2) is 0 Å². The summed E-state index contributed by atoms with van der Waals surface area (Å²) in [4.78, 5) is 0. The maximum atomic E-state index is 3.36. The first-order valence-electron chi connectivity index (χ1n) is 1.49. The standard InChI is InChI=1S/C3H6.C2H4.4H3N/c1-3-2;1-2;;;;/h3H,1H2,2H3;1-2H2;4*1H3. The van der Waals surface area contributed by atoms with Gasteiger partial charge in [-0.15, -0.1) is 19.7 Å². The van der Waals surface area contributed by atoms with Crippen molar-refractivity contribution >= 4 is 0 Å². The van der Waals surface area contributed by atoms with Crippen molar-refractivity contribution in [2.24, 2.45) is 0 Å². The Labute approximate surface area is 58.4 Å². The van der Waals surface area contributed by atoms with Gasteiger partial charge in [-0.1, -0.05) is 6.08 Å². The van der Waals surface area contributed by atoms with Crippen LogP contribution in [0.25, 0.3) is 0 Å². The van der Waals surface area contributed by atoms with E-state index in [9.17, 15) is 0 Å². The maximum absolute atomic E-state index is 3.36. The third-order valence-corrected chi connectivity index (χ3v) is 0. The summed E-state index contributed by atoms with van der Waals surface area (Å²) in [6, 6.07) is 0. The van der Waals surface area contributed by atoms with Gasteiger partial charge in [0.1, 0.15) is 0 Å². The topological polar surface area (TPSA) is 140 Å². The van der Waals surface area contributed by atoms with Gasteiger partial charge in [-0.3, -0.25) is 0 Å². The molecule has 0 atom stereocenters. The molecule has 4 heteroatoms. The summed E-state index contributed by atoms with van der Waals surface area (Å²) in [5.41, 5.74) is 0. The molecule has 0 rings (SSSR count). The van der Waals surface area contributed by atoms with Crippen LogP contribution in [-0.2, 0) is 0 Å². The van der Waals surface area contributed by atoms with Gasteiger partial charge >= 0.3 is 0 Å². The smallest absolute Gasteiger partial charge is 0.0473 e. The highest BCUT2D eigenvalue weighted by Crippen LogP contribution is 1.38. The lowest BCUT2D eigenvalue weighted by molar-refractivity contribution is 1.80. The van der Waals surface area contributed by atoms with Crippen LogP contribution < -0.4 is 24.6 Å². The Morgan fingerprint density at radius 1 is 0.889 bits per heavy atom. The Morgan fingerprint density at radius 2 is 0.889 bits per heavy atom. The van der Waals surface area contributed by atoms with Crippen LogP contribution in [-0.4, -0.2) is 0 Å². The normalized spacial score (nSPS) is 1.89. The summed E-state index contributed by atoms with van der Waals surface area (Å²) in [5, 5.41) is 0. The van der Waals surface area contributed by atoms with Gasteiger partial charge in [0.2, 0.25) is 0 Å². The first kappa shape index (κ1) is 82.8. The second-order valence-electron chi connectivity index (χ2n) is 0.408. The third-order valence-electron chi connectivity index (χ3n) is 0. The molecule has 12 N–H and O–H groups in total. The Balaban J connectivity index is -0.00000000357. The average molecular weight is 138 g/mol. The summed E-state index contributed by atoms with van der Waals surface area (Å²) in [7, 11) is 0. The molecule has 0 aromatic heterocycles. The third kappa shape index (κ3) is 448. The zero-order valence-electron chi connectivity index (χ0n) is 6.53. The van der Waals surface area contributed by atoms with E-state index in [1.807, 2.05) is 6.92 Å². The highest BCUT2D eigenvalue weighted by molar-refractivity contribution is 4.51. The molecule has 0 fully saturated rings. The number of hydrogen-bond donors (Lipinski definition) is 4. The summed E-state index contributed by atoms with van der Waals surface area (Å²) < 4.78 is 0. The molecule has 62 valence electrons. The molecule has 0 heterocycles. The fraction of sp³-hybridized carbons (Fsp3) is 0.200. The van der Waals surface area contributed by atoms with Crippen LogP contribution in [0.1, 0.15) is 6.92 Å². The maximum Gasteiger partial charge on any atom is -0.0473 e. The molecule has 9 heavy (non-hydrogen) atoms. The van der Waals surface area contributed by atoms with Crippen LogP contribution in [0, 0.1) is 0 Å². The zero-order valence-corrected chi connectivity index (χ0v) is 6.53. The zero-order chi connectivity index (χ0) is 4.71. The summed E-state index contributed by atoms with van der Waals surface area (Å²) in [5.74, 6) is 0. The lowest BCUT2D eigenvalue weighted by Crippen LogP contribution is -1.07. The molecule has 0 amide bonds. The first-order chi connectivity index (χ1) is 2.41. The van der Waals surface area contributed by atoms with E-state index in [0.717, 1.165) is 0 Å². The monoisotopic (exact) mass is 138 g/mol. The van der Waals surface area contributed by atoms with E-state index in [-0.39, 0.29) is 24.6 Å². The molecule has 0 aromatic rings. The second-order valence-corrected chi connectivity index (χ2v) is 0.408. The molecule has 0 saturated heterocycles. The quantitative estimate of drug-likeness (QED) is 0.382. The van der Waals surface area contributed by atoms with Crippen molar-refractivity contribution in [2.45, 2.75) is 6.92 Å². The molecule has 0 aromatic carbocycles. The molecule has 0 spiro atoms. The van der Waals surface area contributed by atoms with Gasteiger partial charge in [-0.2, -0.15) is 0 Å². The Hall–Kier alpha value is -0.680. The van der Waals surface area contributed by atoms with Crippen LogP contribution in [0.3, 0.4) is 0 Å². The highest BCUT2D eigenvalue weighted by Gasteiger charge is 1.15. The van der Waals surface area contributed by atoms with E-state index in [1.54, 1.807) is 6.08 Å². The van der Waals surface area contributed by atoms with E-state index >= 15 is 0 Å². The van der Waals surface area contributed by atoms with Crippen LogP contribution in [0.15, 0.2) is 25.8 Å². The van der Waals surface area contributed by atoms with Gasteiger partial charge < -0.3 is 24.6 Å². The average Bonchev–Trinajstić information content (AvgIpc) is 1.46. The van der Waals surface area contributed by atoms with Gasteiger partial charge in [0.25, 0.3) is 0 Å². The Morgan fingerprint density at radius 3 is 0.889 bits per heavy atom. The van der Waals surface area contributed by atoms with Crippen molar-refractivity contribution in [1.82, 2.24) is 24.6 Å². The number of hydrogen-bond acceptors (Lipinski definition) is 4. The van der Waals surface area contributed by atoms with Crippen molar-refractivity contribution in [3.63, 3.8) is 0 Å². The lowest BCUT2D eigenvalue weighted by atomic mass is 10.8. The van der Waals surface area contributed by atoms with E-state index in [0.29, 0.717) is 0 Å². The number of rotatable bonds is 0. The minimum absolute atomic E-state index is 0. The molecule has 0 bridgehead atoms. The molecular formula is C5H22N4. The van der Waals surface area contributed by atoms with E-state index in [1.165, 1.54) is 0 Å². The predicted octanol–water partition coefficient (Wildman–Crippen LogP) is 2.64. The van der Waals surface area contributed by atoms with E-state index in [2.05, 4.69) is 19.7 Å². The summed E-state index contributed by atoms with van der Waals surface area (Å²) >= 11 is 0. The summed E-state index contributed by atoms with van der Waals surface area (Å²) in [6.45, 7) is 11.2. The molecule has 0 aliphatic carbocycles. The molecular weight excluding hydrogens is 116 g/mol. The molecule has 0 unspecified atom stereocenters.